The summed E-state index contributed by atoms with van der Waals surface area (Å²) in [7, 11) is 2.18. The van der Waals surface area contributed by atoms with Gasteiger partial charge in [-0.2, -0.15) is 5.10 Å². The van der Waals surface area contributed by atoms with Gasteiger partial charge >= 0.3 is 0 Å². The predicted octanol–water partition coefficient (Wildman–Crippen LogP) is 3.99. The molecule has 144 valence electrons. The third-order valence-electron chi connectivity index (χ3n) is 5.88. The Bertz CT molecular complexity index is 860. The molecule has 2 aliphatic heterocycles. The smallest absolute Gasteiger partial charge is 0.271 e. The number of piperidine rings is 1. The first-order valence-electron chi connectivity index (χ1n) is 9.87. The van der Waals surface area contributed by atoms with Crippen LogP contribution in [0, 0.1) is 17.0 Å². The van der Waals surface area contributed by atoms with Crippen molar-refractivity contribution in [1.29, 1.82) is 0 Å². The summed E-state index contributed by atoms with van der Waals surface area (Å²) in [5.74, 6) is 1.02. The van der Waals surface area contributed by atoms with Crippen molar-refractivity contribution in [3.63, 3.8) is 0 Å². The lowest BCUT2D eigenvalue weighted by molar-refractivity contribution is -0.384. The van der Waals surface area contributed by atoms with E-state index in [1.807, 2.05) is 17.7 Å². The third-order valence-corrected chi connectivity index (χ3v) is 5.88. The monoisotopic (exact) mass is 369 g/mol. The average molecular weight is 369 g/mol. The lowest BCUT2D eigenvalue weighted by Crippen LogP contribution is -2.30. The largest absolute Gasteiger partial charge is 0.370 e. The van der Waals surface area contributed by atoms with Crippen molar-refractivity contribution in [3.05, 3.63) is 45.1 Å². The number of likely N-dealkylation sites (tertiary alicyclic amines) is 1. The van der Waals surface area contributed by atoms with Crippen molar-refractivity contribution in [3.8, 4) is 5.69 Å². The van der Waals surface area contributed by atoms with Gasteiger partial charge in [0.25, 0.3) is 5.69 Å². The Morgan fingerprint density at radius 1 is 1.26 bits per heavy atom. The second-order valence-corrected chi connectivity index (χ2v) is 7.73. The molecule has 7 heteroatoms. The molecule has 0 aliphatic carbocycles. The maximum absolute atomic E-state index is 11.3. The zero-order chi connectivity index (χ0) is 19.0. The number of nitro benzene ring substituents is 1. The van der Waals surface area contributed by atoms with E-state index in [-0.39, 0.29) is 10.6 Å². The van der Waals surface area contributed by atoms with E-state index in [9.17, 15) is 10.1 Å². The molecule has 2 aliphatic rings. The van der Waals surface area contributed by atoms with Crippen molar-refractivity contribution >= 4 is 11.5 Å². The summed E-state index contributed by atoms with van der Waals surface area (Å²) in [6.07, 6.45) is 6.85. The number of fused-ring (bicyclic) bond motifs is 1. The Morgan fingerprint density at radius 3 is 2.89 bits per heavy atom. The Balaban J connectivity index is 1.86. The van der Waals surface area contributed by atoms with Gasteiger partial charge in [0.2, 0.25) is 0 Å². The first-order valence-corrected chi connectivity index (χ1v) is 9.87. The molecular weight excluding hydrogens is 342 g/mol. The number of rotatable bonds is 3. The lowest BCUT2D eigenvalue weighted by atomic mass is 9.96. The van der Waals surface area contributed by atoms with Crippen LogP contribution in [0.15, 0.2) is 18.2 Å². The minimum atomic E-state index is -0.339. The fraction of sp³-hybridized carbons (Fsp3) is 0.550. The summed E-state index contributed by atoms with van der Waals surface area (Å²) < 4.78 is 1.92. The van der Waals surface area contributed by atoms with Gasteiger partial charge in [-0.25, -0.2) is 4.68 Å². The number of benzene rings is 1. The fourth-order valence-corrected chi connectivity index (χ4v) is 4.33. The van der Waals surface area contributed by atoms with Crippen LogP contribution in [-0.4, -0.2) is 39.7 Å². The summed E-state index contributed by atoms with van der Waals surface area (Å²) in [4.78, 5) is 13.4. The van der Waals surface area contributed by atoms with Crippen LogP contribution in [0.1, 0.15) is 55.0 Å². The zero-order valence-corrected chi connectivity index (χ0v) is 16.1. The van der Waals surface area contributed by atoms with Crippen LogP contribution in [0.5, 0.6) is 0 Å². The second kappa shape index (κ2) is 7.31. The lowest BCUT2D eigenvalue weighted by Gasteiger charge is -2.31. The van der Waals surface area contributed by atoms with E-state index in [0.717, 1.165) is 61.5 Å². The highest BCUT2D eigenvalue weighted by Crippen LogP contribution is 2.37. The number of nitro groups is 1. The highest BCUT2D eigenvalue weighted by atomic mass is 16.6. The summed E-state index contributed by atoms with van der Waals surface area (Å²) in [5, 5.41) is 19.9. The standard InChI is InChI=1S/C20H27N5O2/c1-14-9-10-15(25(26)27)13-18(14)24-20-16(7-3-5-11-21-20)19(22-24)17-8-4-6-12-23(17)2/h9-10,13,17,21H,3-8,11-12H2,1-2H3. The fourth-order valence-electron chi connectivity index (χ4n) is 4.33. The maximum Gasteiger partial charge on any atom is 0.271 e. The molecule has 3 heterocycles. The van der Waals surface area contributed by atoms with Crippen LogP contribution in [-0.2, 0) is 6.42 Å². The molecule has 0 radical (unpaired) electrons. The maximum atomic E-state index is 11.3. The van der Waals surface area contributed by atoms with Crippen LogP contribution in [0.2, 0.25) is 0 Å². The molecule has 2 aromatic rings. The van der Waals surface area contributed by atoms with E-state index in [0.29, 0.717) is 6.04 Å². The molecule has 1 N–H and O–H groups in total. The predicted molar refractivity (Wildman–Crippen MR) is 106 cm³/mol. The molecule has 27 heavy (non-hydrogen) atoms. The topological polar surface area (TPSA) is 76.2 Å². The number of hydrogen-bond donors (Lipinski definition) is 1. The van der Waals surface area contributed by atoms with Crippen molar-refractivity contribution in [2.75, 3.05) is 25.5 Å². The van der Waals surface area contributed by atoms with Crippen molar-refractivity contribution in [2.24, 2.45) is 0 Å². The molecule has 1 unspecified atom stereocenters. The van der Waals surface area contributed by atoms with E-state index in [4.69, 9.17) is 5.10 Å². The van der Waals surface area contributed by atoms with E-state index in [1.165, 1.54) is 18.4 Å². The second-order valence-electron chi connectivity index (χ2n) is 7.73. The van der Waals surface area contributed by atoms with Crippen LogP contribution in [0.3, 0.4) is 0 Å². The first kappa shape index (κ1) is 18.0. The van der Waals surface area contributed by atoms with Crippen LogP contribution < -0.4 is 5.32 Å². The number of anilines is 1. The Labute approximate surface area is 159 Å². The van der Waals surface area contributed by atoms with Gasteiger partial charge in [0, 0.05) is 24.2 Å². The minimum absolute atomic E-state index is 0.102. The van der Waals surface area contributed by atoms with Gasteiger partial charge in [-0.05, 0) is 58.2 Å². The van der Waals surface area contributed by atoms with E-state index in [2.05, 4.69) is 17.3 Å². The van der Waals surface area contributed by atoms with Crippen LogP contribution in [0.4, 0.5) is 11.5 Å². The van der Waals surface area contributed by atoms with Crippen molar-refractivity contribution in [2.45, 2.75) is 51.5 Å². The summed E-state index contributed by atoms with van der Waals surface area (Å²) in [6.45, 7) is 3.98. The molecule has 7 nitrogen and oxygen atoms in total. The van der Waals surface area contributed by atoms with Crippen molar-refractivity contribution in [1.82, 2.24) is 14.7 Å². The molecule has 1 aromatic carbocycles. The molecule has 1 saturated heterocycles. The molecule has 0 bridgehead atoms. The van der Waals surface area contributed by atoms with Gasteiger partial charge < -0.3 is 5.32 Å². The van der Waals surface area contributed by atoms with Gasteiger partial charge in [-0.15, -0.1) is 0 Å². The quantitative estimate of drug-likeness (QED) is 0.654. The summed E-state index contributed by atoms with van der Waals surface area (Å²) in [6, 6.07) is 5.34. The Hall–Kier alpha value is -2.41. The van der Waals surface area contributed by atoms with Gasteiger partial charge in [0.1, 0.15) is 5.82 Å². The molecule has 1 atom stereocenters. The number of nitrogens with zero attached hydrogens (tertiary/aromatic N) is 4. The van der Waals surface area contributed by atoms with Crippen LogP contribution >= 0.6 is 0 Å². The molecule has 0 saturated carbocycles. The molecule has 0 spiro atoms. The van der Waals surface area contributed by atoms with E-state index < -0.39 is 0 Å². The highest BCUT2D eigenvalue weighted by Gasteiger charge is 2.30. The van der Waals surface area contributed by atoms with Gasteiger partial charge in [-0.1, -0.05) is 12.5 Å². The van der Waals surface area contributed by atoms with Gasteiger partial charge in [0.05, 0.1) is 22.3 Å². The van der Waals surface area contributed by atoms with Crippen LogP contribution in [0.25, 0.3) is 5.69 Å². The molecule has 0 amide bonds. The van der Waals surface area contributed by atoms with Gasteiger partial charge in [0.15, 0.2) is 0 Å². The van der Waals surface area contributed by atoms with Crippen molar-refractivity contribution < 1.29 is 4.92 Å². The molecule has 1 aromatic heterocycles. The van der Waals surface area contributed by atoms with E-state index >= 15 is 0 Å². The molecular formula is C20H27N5O2. The molecule has 4 rings (SSSR count). The number of non-ortho nitro benzene ring substituents is 1. The third kappa shape index (κ3) is 3.32. The Kier molecular flexibility index (Phi) is 4.86. The number of aryl methyl sites for hydroxylation is 1. The Morgan fingerprint density at radius 2 is 2.11 bits per heavy atom. The normalized spacial score (nSPS) is 20.6. The number of aromatic nitrogens is 2. The SMILES string of the molecule is Cc1ccc([N+](=O)[O-])cc1-n1nc(C2CCCCN2C)c2c1NCCCC2. The average Bonchev–Trinajstić information content (AvgIpc) is 2.84. The van der Waals surface area contributed by atoms with E-state index in [1.54, 1.807) is 12.1 Å². The summed E-state index contributed by atoms with van der Waals surface area (Å²) >= 11 is 0. The number of hydrogen-bond acceptors (Lipinski definition) is 5. The first-order chi connectivity index (χ1) is 13.1. The minimum Gasteiger partial charge on any atom is -0.370 e. The zero-order valence-electron chi connectivity index (χ0n) is 16.1. The number of nitrogens with one attached hydrogen (secondary N) is 1. The molecule has 1 fully saturated rings. The highest BCUT2D eigenvalue weighted by molar-refractivity contribution is 5.58. The summed E-state index contributed by atoms with van der Waals surface area (Å²) in [5.41, 5.74) is 4.31. The van der Waals surface area contributed by atoms with Gasteiger partial charge in [-0.3, -0.25) is 15.0 Å².